The van der Waals surface area contributed by atoms with Gasteiger partial charge in [0, 0.05) is 4.70 Å². The van der Waals surface area contributed by atoms with Gasteiger partial charge in [-0.15, -0.1) is 11.3 Å². The summed E-state index contributed by atoms with van der Waals surface area (Å²) in [6, 6.07) is 3.17. The zero-order valence-corrected chi connectivity index (χ0v) is 8.37. The highest BCUT2D eigenvalue weighted by Crippen LogP contribution is 2.42. The van der Waals surface area contributed by atoms with Crippen LogP contribution in [0.4, 0.5) is 8.78 Å². The first kappa shape index (κ1) is 9.68. The Morgan fingerprint density at radius 3 is 2.79 bits per heavy atom. The average Bonchev–Trinajstić information content (AvgIpc) is 2.52. The lowest BCUT2D eigenvalue weighted by Gasteiger charge is -2.06. The molecule has 0 aliphatic heterocycles. The molecular formula is C9H5ClF2OS. The van der Waals surface area contributed by atoms with Crippen molar-refractivity contribution < 1.29 is 13.9 Å². The zero-order chi connectivity index (χ0) is 10.3. The molecule has 0 atom stereocenters. The highest BCUT2D eigenvalue weighted by Gasteiger charge is 2.20. The van der Waals surface area contributed by atoms with Gasteiger partial charge in [0.25, 0.3) is 6.43 Å². The number of rotatable bonds is 1. The van der Waals surface area contributed by atoms with E-state index in [4.69, 9.17) is 11.6 Å². The summed E-state index contributed by atoms with van der Waals surface area (Å²) in [5.41, 5.74) is -0.373. The summed E-state index contributed by atoms with van der Waals surface area (Å²) in [4.78, 5) is 0. The van der Waals surface area contributed by atoms with Gasteiger partial charge >= 0.3 is 0 Å². The van der Waals surface area contributed by atoms with Gasteiger partial charge in [-0.1, -0.05) is 11.6 Å². The Labute approximate surface area is 87.5 Å². The molecule has 0 saturated heterocycles. The molecule has 1 aromatic heterocycles. The first-order valence-corrected chi connectivity index (χ1v) is 5.03. The van der Waals surface area contributed by atoms with Gasteiger partial charge < -0.3 is 5.11 Å². The van der Waals surface area contributed by atoms with Crippen LogP contribution in [0.1, 0.15) is 12.0 Å². The van der Waals surface area contributed by atoms with Crippen LogP contribution in [0.25, 0.3) is 10.1 Å². The van der Waals surface area contributed by atoms with E-state index in [1.54, 1.807) is 11.4 Å². The Bertz CT molecular complexity index is 481. The van der Waals surface area contributed by atoms with E-state index in [0.29, 0.717) is 10.1 Å². The quantitative estimate of drug-likeness (QED) is 0.784. The van der Waals surface area contributed by atoms with E-state index >= 15 is 0 Å². The Morgan fingerprint density at radius 1 is 1.43 bits per heavy atom. The maximum absolute atomic E-state index is 12.6. The summed E-state index contributed by atoms with van der Waals surface area (Å²) in [5.74, 6) is -0.517. The van der Waals surface area contributed by atoms with Gasteiger partial charge in [0.2, 0.25) is 0 Å². The second kappa shape index (κ2) is 3.37. The standard InChI is InChI=1S/C9H5ClF2OS/c10-5-3-4-1-2-14-8(4)6(7(5)13)9(11)12/h1-3,9,13H. The summed E-state index contributed by atoms with van der Waals surface area (Å²) in [7, 11) is 0. The van der Waals surface area contributed by atoms with Gasteiger partial charge in [-0.3, -0.25) is 0 Å². The van der Waals surface area contributed by atoms with Crippen LogP contribution in [0.3, 0.4) is 0 Å². The number of alkyl halides is 2. The second-order valence-electron chi connectivity index (χ2n) is 2.76. The van der Waals surface area contributed by atoms with Gasteiger partial charge in [0.1, 0.15) is 5.75 Å². The fourth-order valence-corrected chi connectivity index (χ4v) is 2.44. The molecule has 0 saturated carbocycles. The molecule has 14 heavy (non-hydrogen) atoms. The highest BCUT2D eigenvalue weighted by atomic mass is 35.5. The lowest BCUT2D eigenvalue weighted by Crippen LogP contribution is -1.86. The van der Waals surface area contributed by atoms with Gasteiger partial charge in [-0.05, 0) is 22.9 Å². The van der Waals surface area contributed by atoms with E-state index in [2.05, 4.69) is 0 Å². The number of halogens is 3. The normalized spacial score (nSPS) is 11.4. The predicted octanol–water partition coefficient (Wildman–Crippen LogP) is 4.20. The molecule has 0 radical (unpaired) electrons. The van der Waals surface area contributed by atoms with E-state index < -0.39 is 12.2 Å². The summed E-state index contributed by atoms with van der Waals surface area (Å²) in [6.07, 6.45) is -2.71. The van der Waals surface area contributed by atoms with Crippen molar-refractivity contribution in [3.8, 4) is 5.75 Å². The van der Waals surface area contributed by atoms with Crippen molar-refractivity contribution in [1.82, 2.24) is 0 Å². The minimum atomic E-state index is -2.71. The molecule has 1 N–H and O–H groups in total. The molecule has 1 heterocycles. The number of phenols is 1. The number of hydrogen-bond acceptors (Lipinski definition) is 2. The Kier molecular flexibility index (Phi) is 2.33. The smallest absolute Gasteiger partial charge is 0.268 e. The first-order chi connectivity index (χ1) is 6.61. The summed E-state index contributed by atoms with van der Waals surface area (Å²) in [6.45, 7) is 0. The SMILES string of the molecule is Oc1c(Cl)cc2ccsc2c1C(F)F. The second-order valence-corrected chi connectivity index (χ2v) is 4.08. The van der Waals surface area contributed by atoms with E-state index in [-0.39, 0.29) is 10.6 Å². The molecule has 0 bridgehead atoms. The maximum Gasteiger partial charge on any atom is 0.268 e. The van der Waals surface area contributed by atoms with Crippen LogP contribution in [0.5, 0.6) is 5.75 Å². The maximum atomic E-state index is 12.6. The van der Waals surface area contributed by atoms with Crippen molar-refractivity contribution in [2.45, 2.75) is 6.43 Å². The number of hydrogen-bond donors (Lipinski definition) is 1. The van der Waals surface area contributed by atoms with Crippen LogP contribution < -0.4 is 0 Å². The monoisotopic (exact) mass is 234 g/mol. The summed E-state index contributed by atoms with van der Waals surface area (Å²) in [5, 5.41) is 11.7. The molecule has 0 fully saturated rings. The third-order valence-electron chi connectivity index (χ3n) is 1.92. The van der Waals surface area contributed by atoms with Crippen molar-refractivity contribution in [3.05, 3.63) is 28.1 Å². The average molecular weight is 235 g/mol. The van der Waals surface area contributed by atoms with Crippen molar-refractivity contribution >= 4 is 33.0 Å². The Morgan fingerprint density at radius 2 is 2.14 bits per heavy atom. The van der Waals surface area contributed by atoms with E-state index in [1.165, 1.54) is 17.4 Å². The lowest BCUT2D eigenvalue weighted by atomic mass is 10.1. The Hall–Kier alpha value is -0.870. The van der Waals surface area contributed by atoms with Crippen LogP contribution in [0, 0.1) is 0 Å². The van der Waals surface area contributed by atoms with E-state index in [1.807, 2.05) is 0 Å². The number of thiophene rings is 1. The van der Waals surface area contributed by atoms with E-state index in [0.717, 1.165) is 0 Å². The molecular weight excluding hydrogens is 230 g/mol. The number of aromatic hydroxyl groups is 1. The molecule has 2 aromatic rings. The van der Waals surface area contributed by atoms with Gasteiger partial charge in [-0.25, -0.2) is 8.78 Å². The summed E-state index contributed by atoms with van der Waals surface area (Å²) >= 11 is 6.78. The van der Waals surface area contributed by atoms with Crippen molar-refractivity contribution in [1.29, 1.82) is 0 Å². The van der Waals surface area contributed by atoms with E-state index in [9.17, 15) is 13.9 Å². The van der Waals surface area contributed by atoms with Crippen LogP contribution in [0.2, 0.25) is 5.02 Å². The molecule has 1 aromatic carbocycles. The van der Waals surface area contributed by atoms with Crippen LogP contribution in [-0.4, -0.2) is 5.11 Å². The van der Waals surface area contributed by atoms with Crippen LogP contribution >= 0.6 is 22.9 Å². The largest absolute Gasteiger partial charge is 0.506 e. The minimum Gasteiger partial charge on any atom is -0.506 e. The molecule has 0 aliphatic rings. The minimum absolute atomic E-state index is 0.0359. The number of phenolic OH excluding ortho intramolecular Hbond substituents is 1. The fraction of sp³-hybridized carbons (Fsp3) is 0.111. The third kappa shape index (κ3) is 1.35. The van der Waals surface area contributed by atoms with Crippen molar-refractivity contribution in [2.75, 3.05) is 0 Å². The molecule has 74 valence electrons. The first-order valence-electron chi connectivity index (χ1n) is 3.78. The third-order valence-corrected chi connectivity index (χ3v) is 3.17. The van der Waals surface area contributed by atoms with Gasteiger partial charge in [-0.2, -0.15) is 0 Å². The molecule has 2 rings (SSSR count). The van der Waals surface area contributed by atoms with Gasteiger partial charge in [0.15, 0.2) is 0 Å². The lowest BCUT2D eigenvalue weighted by molar-refractivity contribution is 0.149. The highest BCUT2D eigenvalue weighted by molar-refractivity contribution is 7.17. The van der Waals surface area contributed by atoms with Gasteiger partial charge in [0.05, 0.1) is 10.6 Å². The van der Waals surface area contributed by atoms with Crippen LogP contribution in [-0.2, 0) is 0 Å². The molecule has 0 aliphatic carbocycles. The van der Waals surface area contributed by atoms with Crippen molar-refractivity contribution in [2.24, 2.45) is 0 Å². The molecule has 0 amide bonds. The zero-order valence-electron chi connectivity index (χ0n) is 6.80. The number of benzene rings is 1. The van der Waals surface area contributed by atoms with Crippen molar-refractivity contribution in [3.63, 3.8) is 0 Å². The summed E-state index contributed by atoms with van der Waals surface area (Å²) < 4.78 is 25.6. The van der Waals surface area contributed by atoms with Crippen LogP contribution in [0.15, 0.2) is 17.5 Å². The topological polar surface area (TPSA) is 20.2 Å². The molecule has 0 spiro atoms. The molecule has 0 unspecified atom stereocenters. The predicted molar refractivity (Wildman–Crippen MR) is 53.5 cm³/mol. The molecule has 5 heteroatoms. The molecule has 1 nitrogen and oxygen atoms in total. The fourth-order valence-electron chi connectivity index (χ4n) is 1.30. The Balaban J connectivity index is 2.86. The number of fused-ring (bicyclic) bond motifs is 1.